The van der Waals surface area contributed by atoms with E-state index in [0.29, 0.717) is 59.5 Å². The van der Waals surface area contributed by atoms with E-state index < -0.39 is 46.2 Å². The van der Waals surface area contributed by atoms with Gasteiger partial charge in [-0.25, -0.2) is 4.98 Å². The summed E-state index contributed by atoms with van der Waals surface area (Å²) in [6.07, 6.45) is 1.91. The van der Waals surface area contributed by atoms with Gasteiger partial charge in [-0.05, 0) is 73.1 Å². The number of hydrogen-bond acceptors (Lipinski definition) is 11. The highest BCUT2D eigenvalue weighted by atomic mass is 35.5. The number of carbonyl (C=O) groups is 4. The number of ketones is 1. The van der Waals surface area contributed by atoms with Gasteiger partial charge in [0.2, 0.25) is 11.8 Å². The third-order valence-corrected chi connectivity index (χ3v) is 13.4. The van der Waals surface area contributed by atoms with E-state index >= 15 is 0 Å². The summed E-state index contributed by atoms with van der Waals surface area (Å²) in [5.41, 5.74) is 2.02. The zero-order valence-electron chi connectivity index (χ0n) is 40.0. The van der Waals surface area contributed by atoms with Crippen LogP contribution < -0.4 is 20.1 Å². The Morgan fingerprint density at radius 1 is 0.985 bits per heavy atom. The number of carbonyl (C=O) groups excluding carboxylic acids is 4. The van der Waals surface area contributed by atoms with Crippen molar-refractivity contribution in [2.75, 3.05) is 26.4 Å². The maximum Gasteiger partial charge on any atom is 0.251 e. The summed E-state index contributed by atoms with van der Waals surface area (Å²) in [6, 6.07) is 19.9. The summed E-state index contributed by atoms with van der Waals surface area (Å²) in [4.78, 5) is 59.9. The Balaban J connectivity index is 0.906. The van der Waals surface area contributed by atoms with Gasteiger partial charge in [0, 0.05) is 60.1 Å². The van der Waals surface area contributed by atoms with E-state index in [-0.39, 0.29) is 55.7 Å². The van der Waals surface area contributed by atoms with E-state index in [0.717, 1.165) is 16.8 Å². The van der Waals surface area contributed by atoms with Crippen molar-refractivity contribution >= 4 is 35.1 Å². The number of nitrogens with one attached hydrogen (secondary N) is 2. The second-order valence-electron chi connectivity index (χ2n) is 20.2. The van der Waals surface area contributed by atoms with Crippen LogP contribution in [0.5, 0.6) is 11.5 Å². The van der Waals surface area contributed by atoms with Crippen LogP contribution in [0.15, 0.2) is 77.5 Å². The average Bonchev–Trinajstić information content (AvgIpc) is 3.90. The number of aliphatic hydroxyl groups excluding tert-OH is 1. The number of benzene rings is 3. The van der Waals surface area contributed by atoms with Gasteiger partial charge in [-0.2, -0.15) is 5.26 Å². The molecule has 1 aromatic heterocycles. The maximum absolute atomic E-state index is 14.1. The van der Waals surface area contributed by atoms with Crippen LogP contribution in [0.1, 0.15) is 114 Å². The lowest BCUT2D eigenvalue weighted by atomic mass is 9.49. The van der Waals surface area contributed by atoms with E-state index in [4.69, 9.17) is 30.2 Å². The third kappa shape index (κ3) is 11.9. The molecule has 4 aromatic rings. The molecule has 358 valence electrons. The smallest absolute Gasteiger partial charge is 0.251 e. The molecule has 0 radical (unpaired) electrons. The fourth-order valence-corrected chi connectivity index (χ4v) is 9.86. The number of amides is 3. The molecule has 2 heterocycles. The third-order valence-electron chi connectivity index (χ3n) is 13.1. The van der Waals surface area contributed by atoms with Crippen LogP contribution in [0.25, 0.3) is 11.3 Å². The summed E-state index contributed by atoms with van der Waals surface area (Å²) in [5.74, 6) is 0.509. The first-order valence-corrected chi connectivity index (χ1v) is 23.3. The number of nitrogens with zero attached hydrogens (tertiary/aromatic N) is 3. The number of aryl methyl sites for hydroxylation is 1. The standard InChI is InChI=1S/C52H64ClN5O9/c1-31(33-12-14-34(15-13-33)44-32(2)55-30-66-44)24-42(60)41-25-37(59)28-58(41)47(63)45(50(3,4)5)56-43(61)29-64-22-10-11-23-65-38-19-16-35(17-20-38)46(62)57-48-51(6,7)49(52(48,8)9)67-39-21-18-36(27-54)40(53)26-39/h12-21,26,30-31,37,41,45,48-49,59H,10-11,22-25,28-29H2,1-9H3,(H,56,61)(H,57,62)/t31-,37-,41+,45-,48?,49?/m1/s1. The number of aliphatic hydroxyl groups is 1. The number of β-amino-alcohol motifs (C(OH)–C–C–N with tert-alkyl or cyclic N) is 1. The fourth-order valence-electron chi connectivity index (χ4n) is 9.65. The van der Waals surface area contributed by atoms with Gasteiger partial charge in [-0.3, -0.25) is 19.2 Å². The van der Waals surface area contributed by atoms with Gasteiger partial charge in [0.05, 0.1) is 35.0 Å². The molecule has 4 atom stereocenters. The minimum absolute atomic E-state index is 0.00383. The summed E-state index contributed by atoms with van der Waals surface area (Å²) >= 11 is 6.23. The van der Waals surface area contributed by atoms with E-state index in [1.54, 1.807) is 42.5 Å². The van der Waals surface area contributed by atoms with Crippen molar-refractivity contribution in [2.24, 2.45) is 16.2 Å². The minimum Gasteiger partial charge on any atom is -0.494 e. The quantitative estimate of drug-likeness (QED) is 0.0768. The Morgan fingerprint density at radius 3 is 2.25 bits per heavy atom. The van der Waals surface area contributed by atoms with Crippen LogP contribution in [0.4, 0.5) is 0 Å². The van der Waals surface area contributed by atoms with Crippen molar-refractivity contribution in [1.82, 2.24) is 20.5 Å². The molecule has 67 heavy (non-hydrogen) atoms. The first-order valence-electron chi connectivity index (χ1n) is 22.9. The van der Waals surface area contributed by atoms with Gasteiger partial charge in [0.1, 0.15) is 36.3 Å². The Bertz CT molecular complexity index is 2420. The van der Waals surface area contributed by atoms with Crippen LogP contribution in [0.2, 0.25) is 5.02 Å². The van der Waals surface area contributed by atoms with E-state index in [9.17, 15) is 29.5 Å². The Kier molecular flexibility index (Phi) is 15.9. The SMILES string of the molecule is Cc1ncoc1-c1ccc([C@H](C)CC(=O)[C@@H]2C[C@@H](O)CN2C(=O)[C@@H](NC(=O)COCCCCOc2ccc(C(=O)NC3C(C)(C)C(Oc4ccc(C#N)c(Cl)c4)C3(C)C)cc2)C(C)(C)C)cc1. The molecule has 1 aliphatic heterocycles. The Morgan fingerprint density at radius 2 is 1.64 bits per heavy atom. The lowest BCUT2D eigenvalue weighted by Crippen LogP contribution is -2.74. The summed E-state index contributed by atoms with van der Waals surface area (Å²) in [7, 11) is 0. The van der Waals surface area contributed by atoms with Crippen LogP contribution in [0.3, 0.4) is 0 Å². The van der Waals surface area contributed by atoms with Crippen LogP contribution in [-0.4, -0.2) is 95.2 Å². The van der Waals surface area contributed by atoms with Crippen molar-refractivity contribution in [3.8, 4) is 28.9 Å². The van der Waals surface area contributed by atoms with Gasteiger partial charge < -0.3 is 39.3 Å². The molecule has 0 unspecified atom stereocenters. The maximum atomic E-state index is 14.1. The second kappa shape index (κ2) is 21.0. The van der Waals surface area contributed by atoms with Crippen LogP contribution in [-0.2, 0) is 19.1 Å². The van der Waals surface area contributed by atoms with E-state index in [1.165, 1.54) is 11.3 Å². The van der Waals surface area contributed by atoms with E-state index in [1.807, 2.05) is 58.9 Å². The number of halogens is 1. The normalized spacial score (nSPS) is 20.5. The topological polar surface area (TPSA) is 193 Å². The highest BCUT2D eigenvalue weighted by Gasteiger charge is 2.64. The first kappa shape index (κ1) is 50.7. The number of likely N-dealkylation sites (tertiary alicyclic amines) is 1. The van der Waals surface area contributed by atoms with Gasteiger partial charge in [-0.1, -0.05) is 91.3 Å². The molecule has 0 bridgehead atoms. The van der Waals surface area contributed by atoms with Gasteiger partial charge in [0.25, 0.3) is 5.91 Å². The molecule has 2 aliphatic rings. The second-order valence-corrected chi connectivity index (χ2v) is 20.6. The molecule has 1 saturated carbocycles. The van der Waals surface area contributed by atoms with E-state index in [2.05, 4.69) is 49.4 Å². The summed E-state index contributed by atoms with van der Waals surface area (Å²) < 4.78 is 23.4. The molecule has 1 aliphatic carbocycles. The lowest BCUT2D eigenvalue weighted by Gasteiger charge is -2.63. The molecule has 15 heteroatoms. The molecular formula is C52H64ClN5O9. The predicted octanol–water partition coefficient (Wildman–Crippen LogP) is 8.22. The summed E-state index contributed by atoms with van der Waals surface area (Å²) in [5, 5.41) is 26.2. The number of ether oxygens (including phenoxy) is 3. The number of Topliss-reactive ketones (excluding diaryl/α,β-unsaturated/α-hetero) is 1. The minimum atomic E-state index is -0.954. The molecular weight excluding hydrogens is 874 g/mol. The Hall–Kier alpha value is -5.75. The van der Waals surface area contributed by atoms with Crippen LogP contribution in [0, 0.1) is 34.5 Å². The molecule has 2 fully saturated rings. The first-order chi connectivity index (χ1) is 31.6. The fraction of sp³-hybridized carbons (Fsp3) is 0.500. The van der Waals surface area contributed by atoms with Crippen molar-refractivity contribution in [1.29, 1.82) is 5.26 Å². The molecule has 3 N–H and O–H groups in total. The monoisotopic (exact) mass is 937 g/mol. The Labute approximate surface area is 398 Å². The van der Waals surface area contributed by atoms with Gasteiger partial charge in [-0.15, -0.1) is 0 Å². The molecule has 3 aromatic carbocycles. The zero-order chi connectivity index (χ0) is 48.8. The largest absolute Gasteiger partial charge is 0.494 e. The predicted molar refractivity (Wildman–Crippen MR) is 254 cm³/mol. The average molecular weight is 939 g/mol. The number of oxazole rings is 1. The highest BCUT2D eigenvalue weighted by Crippen LogP contribution is 2.55. The number of unbranched alkanes of at least 4 members (excludes halogenated alkanes) is 1. The number of aromatic nitrogens is 1. The number of rotatable bonds is 19. The molecule has 14 nitrogen and oxygen atoms in total. The van der Waals surface area contributed by atoms with Crippen molar-refractivity contribution < 1.29 is 42.9 Å². The molecule has 1 saturated heterocycles. The van der Waals surface area contributed by atoms with Crippen molar-refractivity contribution in [3.05, 3.63) is 101 Å². The van der Waals surface area contributed by atoms with Gasteiger partial charge in [0.15, 0.2) is 17.9 Å². The summed E-state index contributed by atoms with van der Waals surface area (Å²) in [6.45, 7) is 18.0. The van der Waals surface area contributed by atoms with Crippen molar-refractivity contribution in [3.63, 3.8) is 0 Å². The van der Waals surface area contributed by atoms with Crippen LogP contribution >= 0.6 is 11.6 Å². The van der Waals surface area contributed by atoms with Gasteiger partial charge >= 0.3 is 0 Å². The molecule has 6 rings (SSSR count). The molecule has 3 amide bonds. The highest BCUT2D eigenvalue weighted by molar-refractivity contribution is 6.31. The number of hydrogen-bond donors (Lipinski definition) is 3. The number of nitriles is 1. The van der Waals surface area contributed by atoms with Crippen molar-refractivity contribution in [2.45, 2.75) is 124 Å². The zero-order valence-corrected chi connectivity index (χ0v) is 40.7. The lowest BCUT2D eigenvalue weighted by molar-refractivity contribution is -0.164. The molecule has 0 spiro atoms.